The lowest BCUT2D eigenvalue weighted by molar-refractivity contribution is -0.134. The fraction of sp³-hybridized carbons (Fsp3) is 0.348. The molecule has 11 heteroatoms. The second kappa shape index (κ2) is 11.5. The third-order valence-electron chi connectivity index (χ3n) is 5.29. The zero-order chi connectivity index (χ0) is 24.8. The number of carbonyl (C=O) groups is 1. The van der Waals surface area contributed by atoms with E-state index >= 15 is 0 Å². The first-order chi connectivity index (χ1) is 16.2. The number of rotatable bonds is 5. The number of ether oxygens (including phenoxy) is 1. The van der Waals surface area contributed by atoms with Crippen molar-refractivity contribution in [2.75, 3.05) is 18.8 Å². The quantitative estimate of drug-likeness (QED) is 0.408. The average molecular weight is 510 g/mol. The third kappa shape index (κ3) is 6.37. The van der Waals surface area contributed by atoms with Crippen molar-refractivity contribution in [1.82, 2.24) is 20.1 Å². The predicted molar refractivity (Wildman–Crippen MR) is 130 cm³/mol. The van der Waals surface area contributed by atoms with E-state index in [1.807, 2.05) is 17.1 Å². The molecule has 1 fully saturated rings. The Balaban J connectivity index is 0.000000751. The van der Waals surface area contributed by atoms with Gasteiger partial charge in [0.05, 0.1) is 17.3 Å². The summed E-state index contributed by atoms with van der Waals surface area (Å²) in [5.41, 5.74) is 8.12. The highest BCUT2D eigenvalue weighted by Crippen LogP contribution is 2.37. The fourth-order valence-corrected chi connectivity index (χ4v) is 4.31. The van der Waals surface area contributed by atoms with Crippen LogP contribution in [0.2, 0.25) is 10.0 Å². The smallest absolute Gasteiger partial charge is 0.300 e. The minimum absolute atomic E-state index is 0.0686. The normalized spacial score (nSPS) is 14.7. The van der Waals surface area contributed by atoms with Crippen LogP contribution in [0.1, 0.15) is 44.4 Å². The summed E-state index contributed by atoms with van der Waals surface area (Å²) in [4.78, 5) is 13.3. The van der Waals surface area contributed by atoms with E-state index in [9.17, 15) is 4.39 Å². The van der Waals surface area contributed by atoms with E-state index in [-0.39, 0.29) is 10.8 Å². The third-order valence-corrected chi connectivity index (χ3v) is 6.00. The first kappa shape index (κ1) is 25.7. The Morgan fingerprint density at radius 3 is 2.65 bits per heavy atom. The van der Waals surface area contributed by atoms with Crippen LogP contribution in [0.15, 0.2) is 36.8 Å². The van der Waals surface area contributed by atoms with Gasteiger partial charge in [-0.05, 0) is 51.1 Å². The van der Waals surface area contributed by atoms with Gasteiger partial charge in [-0.15, -0.1) is 0 Å². The number of benzene rings is 1. The summed E-state index contributed by atoms with van der Waals surface area (Å²) in [5, 5.41) is 15.5. The molecule has 0 saturated carbocycles. The Labute approximate surface area is 206 Å². The first-order valence-electron chi connectivity index (χ1n) is 10.7. The van der Waals surface area contributed by atoms with E-state index in [0.29, 0.717) is 22.4 Å². The number of halogens is 3. The molecule has 2 aromatic heterocycles. The van der Waals surface area contributed by atoms with Crippen molar-refractivity contribution in [2.45, 2.75) is 38.8 Å². The van der Waals surface area contributed by atoms with Crippen LogP contribution < -0.4 is 15.8 Å². The topological polar surface area (TPSA) is 115 Å². The molecule has 4 rings (SSSR count). The van der Waals surface area contributed by atoms with Crippen LogP contribution >= 0.6 is 23.2 Å². The highest BCUT2D eigenvalue weighted by Gasteiger charge is 2.21. The van der Waals surface area contributed by atoms with Gasteiger partial charge in [-0.25, -0.2) is 9.37 Å². The van der Waals surface area contributed by atoms with Crippen molar-refractivity contribution in [2.24, 2.45) is 0 Å². The number of anilines is 1. The maximum Gasteiger partial charge on any atom is 0.300 e. The van der Waals surface area contributed by atoms with Gasteiger partial charge in [-0.3, -0.25) is 9.48 Å². The molecule has 1 atom stereocenters. The lowest BCUT2D eigenvalue weighted by Crippen LogP contribution is -2.29. The number of nitrogens with zero attached hydrogens (tertiary/aromatic N) is 3. The molecule has 0 amide bonds. The molecule has 1 saturated heterocycles. The van der Waals surface area contributed by atoms with Gasteiger partial charge in [0.25, 0.3) is 5.97 Å². The Morgan fingerprint density at radius 2 is 1.97 bits per heavy atom. The van der Waals surface area contributed by atoms with E-state index in [1.165, 1.54) is 12.1 Å². The van der Waals surface area contributed by atoms with Crippen LogP contribution in [0.4, 0.5) is 10.2 Å². The highest BCUT2D eigenvalue weighted by molar-refractivity contribution is 6.36. The maximum absolute atomic E-state index is 13.9. The summed E-state index contributed by atoms with van der Waals surface area (Å²) >= 11 is 12.3. The largest absolute Gasteiger partial charge is 0.482 e. The average Bonchev–Trinajstić information content (AvgIpc) is 3.29. The summed E-state index contributed by atoms with van der Waals surface area (Å²) < 4.78 is 21.9. The van der Waals surface area contributed by atoms with E-state index in [4.69, 9.17) is 43.6 Å². The summed E-state index contributed by atoms with van der Waals surface area (Å²) in [6, 6.07) is 4.85. The van der Waals surface area contributed by atoms with Crippen LogP contribution in [0.5, 0.6) is 5.75 Å². The minimum atomic E-state index is -0.833. The monoisotopic (exact) mass is 509 g/mol. The number of pyridine rings is 1. The van der Waals surface area contributed by atoms with Crippen LogP contribution in [0.3, 0.4) is 0 Å². The maximum atomic E-state index is 13.9. The molecular weight excluding hydrogens is 484 g/mol. The molecule has 0 radical (unpaired) electrons. The van der Waals surface area contributed by atoms with E-state index in [2.05, 4.69) is 15.4 Å². The van der Waals surface area contributed by atoms with E-state index < -0.39 is 17.9 Å². The van der Waals surface area contributed by atoms with Gasteiger partial charge < -0.3 is 20.9 Å². The van der Waals surface area contributed by atoms with E-state index in [0.717, 1.165) is 44.0 Å². The van der Waals surface area contributed by atoms with Crippen LogP contribution in [-0.4, -0.2) is 38.9 Å². The number of aromatic nitrogens is 3. The molecule has 1 aliphatic rings. The summed E-state index contributed by atoms with van der Waals surface area (Å²) in [6.45, 7) is 4.79. The van der Waals surface area contributed by atoms with Gasteiger partial charge in [-0.1, -0.05) is 23.2 Å². The zero-order valence-electron chi connectivity index (χ0n) is 18.8. The Bertz CT molecular complexity index is 1150. The Hall–Kier alpha value is -2.88. The standard InChI is InChI=1S/C21H22Cl2FN5O.C2H4O2/c1-12(19-16(22)2-3-17(24)20(19)23)30-18-8-13(9-27-21(18)25)14-10-28-29(11-14)15-4-6-26-7-5-15;1-2(3)4/h2-3,8-12,15,26H,4-7H2,1H3,(H2,25,27);1H3,(H,3,4)/t12-;/m1./s1. The Kier molecular flexibility index (Phi) is 8.71. The van der Waals surface area contributed by atoms with Crippen LogP contribution in [0, 0.1) is 5.82 Å². The van der Waals surface area contributed by atoms with Crippen molar-refractivity contribution < 1.29 is 19.0 Å². The molecule has 3 heterocycles. The molecule has 0 unspecified atom stereocenters. The van der Waals surface area contributed by atoms with Gasteiger partial charge in [0, 0.05) is 41.0 Å². The molecule has 1 aromatic carbocycles. The van der Waals surface area contributed by atoms with Crippen molar-refractivity contribution >= 4 is 35.0 Å². The number of hydrogen-bond donors (Lipinski definition) is 3. The summed E-state index contributed by atoms with van der Waals surface area (Å²) in [7, 11) is 0. The molecule has 3 aromatic rings. The van der Waals surface area contributed by atoms with Crippen LogP contribution in [0.25, 0.3) is 11.1 Å². The molecule has 1 aliphatic heterocycles. The van der Waals surface area contributed by atoms with Crippen molar-refractivity contribution in [3.05, 3.63) is 58.2 Å². The van der Waals surface area contributed by atoms with Crippen molar-refractivity contribution in [3.63, 3.8) is 0 Å². The van der Waals surface area contributed by atoms with Gasteiger partial charge in [0.2, 0.25) is 0 Å². The number of carboxylic acids is 1. The second-order valence-corrected chi connectivity index (χ2v) is 8.62. The van der Waals surface area contributed by atoms with Gasteiger partial charge in [-0.2, -0.15) is 5.10 Å². The molecule has 34 heavy (non-hydrogen) atoms. The summed E-state index contributed by atoms with van der Waals surface area (Å²) in [6.07, 6.45) is 6.96. The van der Waals surface area contributed by atoms with Gasteiger partial charge in [0.1, 0.15) is 11.9 Å². The van der Waals surface area contributed by atoms with Crippen molar-refractivity contribution in [3.8, 4) is 16.9 Å². The number of piperidine rings is 1. The molecule has 0 bridgehead atoms. The Morgan fingerprint density at radius 1 is 1.29 bits per heavy atom. The van der Waals surface area contributed by atoms with Crippen molar-refractivity contribution in [1.29, 1.82) is 0 Å². The number of aliphatic carboxylic acids is 1. The molecule has 182 valence electrons. The molecule has 8 nitrogen and oxygen atoms in total. The number of nitrogen functional groups attached to an aromatic ring is 1. The van der Waals surface area contributed by atoms with Gasteiger partial charge in [0.15, 0.2) is 11.6 Å². The lowest BCUT2D eigenvalue weighted by Gasteiger charge is -2.22. The summed E-state index contributed by atoms with van der Waals surface area (Å²) in [5.74, 6) is -0.803. The zero-order valence-corrected chi connectivity index (χ0v) is 20.3. The predicted octanol–water partition coefficient (Wildman–Crippen LogP) is 5.13. The molecule has 4 N–H and O–H groups in total. The second-order valence-electron chi connectivity index (χ2n) is 7.83. The molecule has 0 spiro atoms. The first-order valence-corrected chi connectivity index (χ1v) is 11.4. The van der Waals surface area contributed by atoms with Crippen LogP contribution in [-0.2, 0) is 4.79 Å². The highest BCUT2D eigenvalue weighted by atomic mass is 35.5. The fourth-order valence-electron chi connectivity index (χ4n) is 3.63. The van der Waals surface area contributed by atoms with E-state index in [1.54, 1.807) is 19.2 Å². The number of hydrogen-bond acceptors (Lipinski definition) is 6. The number of nitrogens with one attached hydrogen (secondary N) is 1. The minimum Gasteiger partial charge on any atom is -0.482 e. The lowest BCUT2D eigenvalue weighted by atomic mass is 10.1. The van der Waals surface area contributed by atoms with Gasteiger partial charge >= 0.3 is 0 Å². The molecular formula is C23H26Cl2FN5O3. The number of carboxylic acid groups (broad SMARTS) is 1. The molecule has 0 aliphatic carbocycles. The number of nitrogens with two attached hydrogens (primary N) is 1. The SMILES string of the molecule is CC(=O)O.C[C@@H](Oc1cc(-c2cnn(C3CCNCC3)c2)cnc1N)c1c(Cl)ccc(F)c1Cl.